The first-order chi connectivity index (χ1) is 4.72. The number of aromatic amines is 1. The summed E-state index contributed by atoms with van der Waals surface area (Å²) in [6.45, 7) is 8.33. The van der Waals surface area contributed by atoms with Crippen LogP contribution in [0.4, 0.5) is 0 Å². The Bertz CT molecular complexity index is 177. The van der Waals surface area contributed by atoms with Crippen LogP contribution in [0, 0.1) is 12.8 Å². The third kappa shape index (κ3) is 1.38. The van der Waals surface area contributed by atoms with Crippen molar-refractivity contribution in [1.29, 1.82) is 0 Å². The van der Waals surface area contributed by atoms with Gasteiger partial charge in [0, 0.05) is 6.20 Å². The first-order valence-corrected chi connectivity index (χ1v) is 3.53. The first kappa shape index (κ1) is 7.32. The molecule has 55 valence electrons. The molecule has 1 heterocycles. The highest BCUT2D eigenvalue weighted by atomic mass is 15.1. The summed E-state index contributed by atoms with van der Waals surface area (Å²) in [5.41, 5.74) is 1.19. The number of rotatable bonds is 2. The molecule has 1 aromatic rings. The van der Waals surface area contributed by atoms with Crippen molar-refractivity contribution in [2.45, 2.75) is 19.8 Å². The Hall–Kier alpha value is -0.790. The van der Waals surface area contributed by atoms with E-state index in [2.05, 4.69) is 31.0 Å². The number of aromatic nitrogens is 2. The molecule has 0 amide bonds. The molecule has 0 fully saturated rings. The van der Waals surface area contributed by atoms with Crippen LogP contribution in [0.5, 0.6) is 0 Å². The van der Waals surface area contributed by atoms with Crippen molar-refractivity contribution < 1.29 is 0 Å². The van der Waals surface area contributed by atoms with Gasteiger partial charge in [-0.1, -0.05) is 13.8 Å². The summed E-state index contributed by atoms with van der Waals surface area (Å²) >= 11 is 0. The molecule has 10 heavy (non-hydrogen) atoms. The van der Waals surface area contributed by atoms with E-state index in [1.54, 1.807) is 0 Å². The second kappa shape index (κ2) is 2.86. The summed E-state index contributed by atoms with van der Waals surface area (Å²) in [6, 6.07) is 0. The average Bonchev–Trinajstić information content (AvgIpc) is 2.36. The van der Waals surface area contributed by atoms with E-state index >= 15 is 0 Å². The zero-order chi connectivity index (χ0) is 7.56. The van der Waals surface area contributed by atoms with Crippen LogP contribution in [0.2, 0.25) is 0 Å². The Morgan fingerprint density at radius 1 is 1.60 bits per heavy atom. The van der Waals surface area contributed by atoms with Crippen LogP contribution in [0.25, 0.3) is 0 Å². The molecule has 0 bridgehead atoms. The van der Waals surface area contributed by atoms with Gasteiger partial charge in [0.15, 0.2) is 0 Å². The standard InChI is InChI=1S/C8H13N2/c1-6(2)7(3)8-4-9-10-5-8/h4-7H,3H2,1-2H3,(H,9,10). The van der Waals surface area contributed by atoms with Crippen LogP contribution in [-0.4, -0.2) is 10.2 Å². The zero-order valence-electron chi connectivity index (χ0n) is 6.46. The summed E-state index contributed by atoms with van der Waals surface area (Å²) in [4.78, 5) is 0. The van der Waals surface area contributed by atoms with Gasteiger partial charge >= 0.3 is 0 Å². The van der Waals surface area contributed by atoms with E-state index < -0.39 is 0 Å². The predicted molar refractivity (Wildman–Crippen MR) is 41.5 cm³/mol. The van der Waals surface area contributed by atoms with Gasteiger partial charge in [-0.25, -0.2) is 0 Å². The largest absolute Gasteiger partial charge is 0.285 e. The van der Waals surface area contributed by atoms with Gasteiger partial charge in [0.2, 0.25) is 0 Å². The van der Waals surface area contributed by atoms with Crippen molar-refractivity contribution in [3.05, 3.63) is 24.9 Å². The molecular formula is C8H13N2. The Balaban J connectivity index is 2.68. The number of H-pyrrole nitrogens is 1. The van der Waals surface area contributed by atoms with Gasteiger partial charge in [-0.15, -0.1) is 0 Å². The minimum atomic E-state index is 0.360. The summed E-state index contributed by atoms with van der Waals surface area (Å²) in [5, 5.41) is 6.64. The molecule has 0 aliphatic rings. The maximum Gasteiger partial charge on any atom is 0.0522 e. The predicted octanol–water partition coefficient (Wildman–Crippen LogP) is 1.98. The lowest BCUT2D eigenvalue weighted by Crippen LogP contribution is -2.00. The molecule has 1 atom stereocenters. The SMILES string of the molecule is [CH2]C(c1cn[nH]c1)C(C)C. The van der Waals surface area contributed by atoms with Crippen LogP contribution < -0.4 is 0 Å². The van der Waals surface area contributed by atoms with Crippen LogP contribution in [0.3, 0.4) is 0 Å². The molecule has 0 aromatic carbocycles. The topological polar surface area (TPSA) is 28.7 Å². The van der Waals surface area contributed by atoms with Gasteiger partial charge in [-0.2, -0.15) is 5.10 Å². The first-order valence-electron chi connectivity index (χ1n) is 3.53. The molecule has 1 rings (SSSR count). The van der Waals surface area contributed by atoms with Gasteiger partial charge in [0.1, 0.15) is 0 Å². The normalized spacial score (nSPS) is 14.0. The monoisotopic (exact) mass is 137 g/mol. The third-order valence-corrected chi connectivity index (χ3v) is 1.75. The molecule has 1 aromatic heterocycles. The molecule has 0 saturated heterocycles. The fourth-order valence-electron chi connectivity index (χ4n) is 0.849. The molecule has 0 aliphatic carbocycles. The number of nitrogens with one attached hydrogen (secondary N) is 1. The fraction of sp³-hybridized carbons (Fsp3) is 0.500. The average molecular weight is 137 g/mol. The van der Waals surface area contributed by atoms with E-state index in [0.717, 1.165) is 0 Å². The third-order valence-electron chi connectivity index (χ3n) is 1.75. The molecule has 0 saturated carbocycles. The van der Waals surface area contributed by atoms with Crippen LogP contribution in [-0.2, 0) is 0 Å². The maximum atomic E-state index is 4.02. The molecule has 0 spiro atoms. The summed E-state index contributed by atoms with van der Waals surface area (Å²) in [5.74, 6) is 0.941. The van der Waals surface area contributed by atoms with Crippen molar-refractivity contribution in [2.24, 2.45) is 5.92 Å². The van der Waals surface area contributed by atoms with Crippen molar-refractivity contribution in [3.63, 3.8) is 0 Å². The zero-order valence-corrected chi connectivity index (χ0v) is 6.46. The second-order valence-corrected chi connectivity index (χ2v) is 2.88. The second-order valence-electron chi connectivity index (χ2n) is 2.88. The highest BCUT2D eigenvalue weighted by molar-refractivity contribution is 5.12. The highest BCUT2D eigenvalue weighted by Crippen LogP contribution is 2.21. The molecule has 1 unspecified atom stereocenters. The summed E-state index contributed by atoms with van der Waals surface area (Å²) < 4.78 is 0. The van der Waals surface area contributed by atoms with E-state index in [1.165, 1.54) is 5.56 Å². The van der Waals surface area contributed by atoms with Crippen molar-refractivity contribution in [1.82, 2.24) is 10.2 Å². The lowest BCUT2D eigenvalue weighted by molar-refractivity contribution is 0.575. The molecule has 2 heteroatoms. The van der Waals surface area contributed by atoms with Crippen molar-refractivity contribution in [2.75, 3.05) is 0 Å². The fourth-order valence-corrected chi connectivity index (χ4v) is 0.849. The molecule has 0 aliphatic heterocycles. The van der Waals surface area contributed by atoms with Crippen LogP contribution >= 0.6 is 0 Å². The minimum absolute atomic E-state index is 0.360. The summed E-state index contributed by atoms with van der Waals surface area (Å²) in [6.07, 6.45) is 3.73. The van der Waals surface area contributed by atoms with Gasteiger partial charge < -0.3 is 0 Å². The lowest BCUT2D eigenvalue weighted by atomic mass is 9.93. The molecule has 1 N–H and O–H groups in total. The van der Waals surface area contributed by atoms with Gasteiger partial charge in [0.25, 0.3) is 0 Å². The lowest BCUT2D eigenvalue weighted by Gasteiger charge is -2.11. The smallest absolute Gasteiger partial charge is 0.0522 e. The number of hydrogen-bond donors (Lipinski definition) is 1. The van der Waals surface area contributed by atoms with Crippen LogP contribution in [0.15, 0.2) is 12.4 Å². The van der Waals surface area contributed by atoms with Crippen LogP contribution in [0.1, 0.15) is 25.3 Å². The highest BCUT2D eigenvalue weighted by Gasteiger charge is 2.09. The van der Waals surface area contributed by atoms with E-state index in [0.29, 0.717) is 11.8 Å². The Kier molecular flexibility index (Phi) is 2.10. The molecule has 2 nitrogen and oxygen atoms in total. The molecule has 1 radical (unpaired) electrons. The Morgan fingerprint density at radius 3 is 2.70 bits per heavy atom. The van der Waals surface area contributed by atoms with Gasteiger partial charge in [-0.3, -0.25) is 5.10 Å². The van der Waals surface area contributed by atoms with E-state index in [-0.39, 0.29) is 0 Å². The van der Waals surface area contributed by atoms with Crippen molar-refractivity contribution >= 4 is 0 Å². The number of nitrogens with zero attached hydrogens (tertiary/aromatic N) is 1. The van der Waals surface area contributed by atoms with E-state index in [9.17, 15) is 0 Å². The van der Waals surface area contributed by atoms with E-state index in [1.807, 2.05) is 12.4 Å². The summed E-state index contributed by atoms with van der Waals surface area (Å²) in [7, 11) is 0. The van der Waals surface area contributed by atoms with Gasteiger partial charge in [-0.05, 0) is 24.3 Å². The quantitative estimate of drug-likeness (QED) is 0.663. The molecular weight excluding hydrogens is 124 g/mol. The van der Waals surface area contributed by atoms with E-state index in [4.69, 9.17) is 0 Å². The van der Waals surface area contributed by atoms with Crippen molar-refractivity contribution in [3.8, 4) is 0 Å². The Morgan fingerprint density at radius 2 is 2.30 bits per heavy atom. The minimum Gasteiger partial charge on any atom is -0.285 e. The van der Waals surface area contributed by atoms with Gasteiger partial charge in [0.05, 0.1) is 6.20 Å². The Labute approximate surface area is 61.7 Å². The maximum absolute atomic E-state index is 4.02. The number of hydrogen-bond acceptors (Lipinski definition) is 1.